The van der Waals surface area contributed by atoms with Gasteiger partial charge in [-0.3, -0.25) is 4.79 Å². The average Bonchev–Trinajstić information content (AvgIpc) is 2.97. The van der Waals surface area contributed by atoms with Crippen LogP contribution < -0.4 is 5.32 Å². The van der Waals surface area contributed by atoms with Gasteiger partial charge in [0, 0.05) is 21.2 Å². The lowest BCUT2D eigenvalue weighted by atomic mass is 10.2. The van der Waals surface area contributed by atoms with Crippen LogP contribution in [0.2, 0.25) is 0 Å². The maximum atomic E-state index is 12.0. The van der Waals surface area contributed by atoms with Crippen molar-refractivity contribution in [2.24, 2.45) is 0 Å². The molecule has 0 bridgehead atoms. The number of benzene rings is 1. The van der Waals surface area contributed by atoms with E-state index in [9.17, 15) is 9.59 Å². The Bertz CT molecular complexity index is 537. The molecule has 1 aromatic carbocycles. The molecule has 1 aliphatic heterocycles. The lowest BCUT2D eigenvalue weighted by Gasteiger charge is -2.15. The predicted molar refractivity (Wildman–Crippen MR) is 88.0 cm³/mol. The zero-order valence-electron chi connectivity index (χ0n) is 12.1. The summed E-state index contributed by atoms with van der Waals surface area (Å²) in [4.78, 5) is 23.9. The fourth-order valence-electron chi connectivity index (χ4n) is 2.16. The molecule has 0 radical (unpaired) electrons. The van der Waals surface area contributed by atoms with Crippen LogP contribution >= 0.6 is 27.7 Å². The van der Waals surface area contributed by atoms with Gasteiger partial charge >= 0.3 is 5.97 Å². The van der Waals surface area contributed by atoms with E-state index in [4.69, 9.17) is 9.84 Å². The van der Waals surface area contributed by atoms with Crippen LogP contribution in [0.15, 0.2) is 33.6 Å². The van der Waals surface area contributed by atoms with E-state index < -0.39 is 18.2 Å². The third-order valence-corrected chi connectivity index (χ3v) is 4.94. The number of carbonyl (C=O) groups is 2. The largest absolute Gasteiger partial charge is 0.479 e. The topological polar surface area (TPSA) is 75.6 Å². The minimum absolute atomic E-state index is 0.210. The van der Waals surface area contributed by atoms with E-state index in [0.29, 0.717) is 19.4 Å². The Hall–Kier alpha value is -1.05. The van der Waals surface area contributed by atoms with Crippen molar-refractivity contribution < 1.29 is 19.4 Å². The van der Waals surface area contributed by atoms with Crippen molar-refractivity contribution in [2.45, 2.75) is 42.1 Å². The number of aliphatic carboxylic acids is 1. The van der Waals surface area contributed by atoms with Gasteiger partial charge in [-0.05, 0) is 37.1 Å². The minimum atomic E-state index is -1.01. The summed E-state index contributed by atoms with van der Waals surface area (Å²) >= 11 is 5.06. The van der Waals surface area contributed by atoms with Crippen molar-refractivity contribution in [2.75, 3.05) is 6.54 Å². The molecule has 1 heterocycles. The molecule has 5 nitrogen and oxygen atoms in total. The highest BCUT2D eigenvalue weighted by molar-refractivity contribution is 9.10. The Kier molecular flexibility index (Phi) is 6.28. The summed E-state index contributed by atoms with van der Waals surface area (Å²) in [6.07, 6.45) is -0.663. The number of nitrogens with one attached hydrogen (secondary N) is 1. The van der Waals surface area contributed by atoms with Gasteiger partial charge in [-0.1, -0.05) is 22.9 Å². The van der Waals surface area contributed by atoms with E-state index in [1.54, 1.807) is 11.8 Å². The molecule has 1 aromatic rings. The normalized spacial score (nSPS) is 22.3. The van der Waals surface area contributed by atoms with Crippen molar-refractivity contribution in [3.05, 3.63) is 28.7 Å². The van der Waals surface area contributed by atoms with Crippen LogP contribution in [0.1, 0.15) is 19.8 Å². The molecule has 120 valence electrons. The highest BCUT2D eigenvalue weighted by Gasteiger charge is 2.34. The first-order chi connectivity index (χ1) is 10.5. The second kappa shape index (κ2) is 7.99. The second-order valence-electron chi connectivity index (χ2n) is 5.16. The Morgan fingerprint density at radius 2 is 2.00 bits per heavy atom. The highest BCUT2D eigenvalue weighted by Crippen LogP contribution is 2.25. The fraction of sp³-hybridized carbons (Fsp3) is 0.467. The molecule has 2 N–H and O–H groups in total. The monoisotopic (exact) mass is 387 g/mol. The van der Waals surface area contributed by atoms with Gasteiger partial charge in [-0.15, -0.1) is 11.8 Å². The average molecular weight is 388 g/mol. The number of rotatable bonds is 6. The van der Waals surface area contributed by atoms with Gasteiger partial charge in [0.25, 0.3) is 0 Å². The number of carbonyl (C=O) groups excluding carboxylic acids is 1. The number of ether oxygens (including phenoxy) is 1. The summed E-state index contributed by atoms with van der Waals surface area (Å²) < 4.78 is 6.26. The van der Waals surface area contributed by atoms with E-state index in [2.05, 4.69) is 21.2 Å². The zero-order chi connectivity index (χ0) is 16.1. The molecule has 0 spiro atoms. The van der Waals surface area contributed by atoms with Crippen LogP contribution in [-0.2, 0) is 14.3 Å². The van der Waals surface area contributed by atoms with E-state index in [0.717, 1.165) is 9.37 Å². The molecule has 22 heavy (non-hydrogen) atoms. The molecule has 1 unspecified atom stereocenters. The maximum Gasteiger partial charge on any atom is 0.332 e. The first-order valence-electron chi connectivity index (χ1n) is 7.04. The smallest absolute Gasteiger partial charge is 0.332 e. The van der Waals surface area contributed by atoms with Gasteiger partial charge in [0.15, 0.2) is 6.10 Å². The van der Waals surface area contributed by atoms with Crippen LogP contribution in [0.5, 0.6) is 0 Å². The Morgan fingerprint density at radius 3 is 2.59 bits per heavy atom. The number of hydrogen-bond donors (Lipinski definition) is 2. The molecule has 1 fully saturated rings. The molecular formula is C15H18BrNO4S. The molecule has 0 saturated carbocycles. The molecule has 7 heteroatoms. The van der Waals surface area contributed by atoms with Gasteiger partial charge in [0.2, 0.25) is 5.91 Å². The van der Waals surface area contributed by atoms with Crippen molar-refractivity contribution in [1.29, 1.82) is 0 Å². The fourth-order valence-corrected chi connectivity index (χ4v) is 3.35. The summed E-state index contributed by atoms with van der Waals surface area (Å²) in [6.45, 7) is 2.54. The molecule has 1 amide bonds. The van der Waals surface area contributed by atoms with Crippen LogP contribution in [-0.4, -0.2) is 41.0 Å². The van der Waals surface area contributed by atoms with Gasteiger partial charge < -0.3 is 15.2 Å². The second-order valence-corrected chi connectivity index (χ2v) is 7.58. The molecular weight excluding hydrogens is 370 g/mol. The van der Waals surface area contributed by atoms with Gasteiger partial charge in [-0.2, -0.15) is 0 Å². The predicted octanol–water partition coefficient (Wildman–Crippen LogP) is 2.68. The standard InChI is InChI=1S/C15H18BrNO4S/c1-9(22-11-4-2-10(16)3-5-11)8-17-14(18)12-6-7-13(21-12)15(19)20/h2-5,9,12-13H,6-8H2,1H3,(H,17,18)(H,19,20)/t9?,12-,13+/m0/s1. The Morgan fingerprint density at radius 1 is 1.36 bits per heavy atom. The third-order valence-electron chi connectivity index (χ3n) is 3.30. The van der Waals surface area contributed by atoms with Crippen LogP contribution in [0, 0.1) is 0 Å². The van der Waals surface area contributed by atoms with Crippen molar-refractivity contribution in [3.8, 4) is 0 Å². The number of hydrogen-bond acceptors (Lipinski definition) is 4. The number of carboxylic acid groups (broad SMARTS) is 1. The molecule has 1 saturated heterocycles. The first-order valence-corrected chi connectivity index (χ1v) is 8.71. The number of amides is 1. The summed E-state index contributed by atoms with van der Waals surface area (Å²) in [5.41, 5.74) is 0. The molecule has 3 atom stereocenters. The number of thioether (sulfide) groups is 1. The Labute approximate surface area is 141 Å². The van der Waals surface area contributed by atoms with Gasteiger partial charge in [-0.25, -0.2) is 4.79 Å². The van der Waals surface area contributed by atoms with Crippen LogP contribution in [0.25, 0.3) is 0 Å². The van der Waals surface area contributed by atoms with Gasteiger partial charge in [0.1, 0.15) is 6.10 Å². The summed E-state index contributed by atoms with van der Waals surface area (Å²) in [6, 6.07) is 7.99. The zero-order valence-corrected chi connectivity index (χ0v) is 14.5. The van der Waals surface area contributed by atoms with Gasteiger partial charge in [0.05, 0.1) is 0 Å². The molecule has 1 aliphatic rings. The summed E-state index contributed by atoms with van der Waals surface area (Å²) in [7, 11) is 0. The SMILES string of the molecule is CC(CNC(=O)[C@@H]1CC[C@H](C(=O)O)O1)Sc1ccc(Br)cc1. The molecule has 0 aromatic heterocycles. The van der Waals surface area contributed by atoms with E-state index >= 15 is 0 Å². The summed E-state index contributed by atoms with van der Waals surface area (Å²) in [5.74, 6) is -1.23. The summed E-state index contributed by atoms with van der Waals surface area (Å²) in [5, 5.41) is 11.9. The maximum absolute atomic E-state index is 12.0. The van der Waals surface area contributed by atoms with Crippen LogP contribution in [0.4, 0.5) is 0 Å². The number of halogens is 1. The van der Waals surface area contributed by atoms with Crippen molar-refractivity contribution >= 4 is 39.6 Å². The quantitative estimate of drug-likeness (QED) is 0.733. The van der Waals surface area contributed by atoms with E-state index in [1.165, 1.54) is 0 Å². The van der Waals surface area contributed by atoms with E-state index in [1.807, 2.05) is 31.2 Å². The van der Waals surface area contributed by atoms with E-state index in [-0.39, 0.29) is 11.2 Å². The lowest BCUT2D eigenvalue weighted by molar-refractivity contribution is -0.151. The van der Waals surface area contributed by atoms with Crippen molar-refractivity contribution in [1.82, 2.24) is 5.32 Å². The lowest BCUT2D eigenvalue weighted by Crippen LogP contribution is -2.38. The number of carboxylic acids is 1. The third kappa shape index (κ3) is 5.00. The highest BCUT2D eigenvalue weighted by atomic mass is 79.9. The minimum Gasteiger partial charge on any atom is -0.479 e. The Balaban J connectivity index is 1.74. The molecule has 0 aliphatic carbocycles. The van der Waals surface area contributed by atoms with Crippen molar-refractivity contribution in [3.63, 3.8) is 0 Å². The molecule has 2 rings (SSSR count). The first kappa shape index (κ1) is 17.3. The van der Waals surface area contributed by atoms with Crippen LogP contribution in [0.3, 0.4) is 0 Å².